The van der Waals surface area contributed by atoms with E-state index in [4.69, 9.17) is 5.41 Å². The maximum atomic E-state index is 15.0. The van der Waals surface area contributed by atoms with Crippen molar-refractivity contribution in [2.24, 2.45) is 0 Å². The van der Waals surface area contributed by atoms with Crippen LogP contribution in [-0.4, -0.2) is 31.2 Å². The summed E-state index contributed by atoms with van der Waals surface area (Å²) >= 11 is 0. The van der Waals surface area contributed by atoms with Gasteiger partial charge in [0, 0.05) is 31.3 Å². The van der Waals surface area contributed by atoms with Crippen molar-refractivity contribution < 1.29 is 22.4 Å². The van der Waals surface area contributed by atoms with Crippen LogP contribution in [0.15, 0.2) is 54.2 Å². The molecule has 0 unspecified atom stereocenters. The number of amides is 1. The molecule has 0 radical (unpaired) electrons. The number of anilines is 1. The van der Waals surface area contributed by atoms with Gasteiger partial charge in [0.2, 0.25) is 0 Å². The largest absolute Gasteiger partial charge is 0.416 e. The van der Waals surface area contributed by atoms with Crippen molar-refractivity contribution in [3.05, 3.63) is 71.2 Å². The van der Waals surface area contributed by atoms with E-state index in [1.807, 2.05) is 0 Å². The van der Waals surface area contributed by atoms with Gasteiger partial charge in [-0.3, -0.25) is 4.79 Å². The third-order valence-corrected chi connectivity index (χ3v) is 4.96. The van der Waals surface area contributed by atoms with E-state index in [2.05, 4.69) is 10.3 Å². The van der Waals surface area contributed by atoms with Crippen molar-refractivity contribution in [1.29, 1.82) is 5.41 Å². The van der Waals surface area contributed by atoms with Crippen molar-refractivity contribution >= 4 is 28.7 Å². The van der Waals surface area contributed by atoms with E-state index >= 15 is 4.39 Å². The first-order chi connectivity index (χ1) is 15.1. The van der Waals surface area contributed by atoms with Crippen LogP contribution in [0.4, 0.5) is 23.2 Å². The molecule has 1 heterocycles. The molecule has 0 fully saturated rings. The van der Waals surface area contributed by atoms with Crippen LogP contribution in [0.25, 0.3) is 22.2 Å². The summed E-state index contributed by atoms with van der Waals surface area (Å²) < 4.78 is 53.8. The minimum atomic E-state index is -4.45. The normalized spacial score (nSPS) is 12.0. The number of nitrogens with one attached hydrogen (secondary N) is 2. The first-order valence-electron chi connectivity index (χ1n) is 9.52. The summed E-state index contributed by atoms with van der Waals surface area (Å²) in [6, 6.07) is 9.16. The molecule has 166 valence electrons. The van der Waals surface area contributed by atoms with Crippen LogP contribution in [-0.2, 0) is 11.0 Å². The smallest absolute Gasteiger partial charge is 0.384 e. The number of aromatic nitrogens is 1. The molecule has 1 aromatic heterocycles. The lowest BCUT2D eigenvalue weighted by Crippen LogP contribution is -2.33. The average molecular weight is 444 g/mol. The zero-order chi connectivity index (χ0) is 23.6. The molecule has 0 bridgehead atoms. The number of aryl methyl sites for hydroxylation is 1. The molecule has 0 aliphatic carbocycles. The second-order valence-corrected chi connectivity index (χ2v) is 7.09. The van der Waals surface area contributed by atoms with Crippen molar-refractivity contribution in [3.63, 3.8) is 0 Å². The van der Waals surface area contributed by atoms with E-state index in [1.54, 1.807) is 13.0 Å². The number of likely N-dealkylation sites (N-methyl/N-ethyl adjacent to an activating group) is 2. The standard InChI is InChI=1S/C23H20F4N4O/c1-13-10-15(12-17(24)21(13)31(3)22(32)20(29-2)8-9-28)19-6-4-14-11-16(23(25,26)27)5-7-18(14)30-19/h4-12,28-29H,1-3H3/b20-8-,28-9?. The molecular weight excluding hydrogens is 424 g/mol. The van der Waals surface area contributed by atoms with Gasteiger partial charge in [-0.05, 0) is 55.0 Å². The topological polar surface area (TPSA) is 69.1 Å². The SMILES string of the molecule is CN/C(=C\C=N)C(=O)N(C)c1c(C)cc(-c2ccc3cc(C(F)(F)F)ccc3n2)cc1F. The number of halogens is 4. The number of rotatable bonds is 5. The average Bonchev–Trinajstić information content (AvgIpc) is 2.74. The molecule has 32 heavy (non-hydrogen) atoms. The van der Waals surface area contributed by atoms with Crippen molar-refractivity contribution in [1.82, 2.24) is 10.3 Å². The third kappa shape index (κ3) is 4.46. The molecule has 9 heteroatoms. The Morgan fingerprint density at radius 3 is 2.47 bits per heavy atom. The number of benzene rings is 2. The van der Waals surface area contributed by atoms with Crippen molar-refractivity contribution in [2.75, 3.05) is 19.0 Å². The molecule has 0 aliphatic rings. The van der Waals surface area contributed by atoms with Gasteiger partial charge >= 0.3 is 6.18 Å². The molecule has 0 atom stereocenters. The number of carbonyl (C=O) groups excluding carboxylic acids is 1. The first-order valence-corrected chi connectivity index (χ1v) is 9.52. The Morgan fingerprint density at radius 1 is 1.16 bits per heavy atom. The van der Waals surface area contributed by atoms with Gasteiger partial charge in [0.25, 0.3) is 5.91 Å². The fourth-order valence-electron chi connectivity index (χ4n) is 3.40. The highest BCUT2D eigenvalue weighted by Crippen LogP contribution is 2.33. The summed E-state index contributed by atoms with van der Waals surface area (Å²) in [5.41, 5.74) is 1.06. The van der Waals surface area contributed by atoms with E-state index in [9.17, 15) is 18.0 Å². The number of hydrogen-bond acceptors (Lipinski definition) is 4. The second kappa shape index (κ2) is 8.78. The highest BCUT2D eigenvalue weighted by atomic mass is 19.4. The van der Waals surface area contributed by atoms with Gasteiger partial charge in [-0.25, -0.2) is 9.37 Å². The van der Waals surface area contributed by atoms with Crippen LogP contribution in [0, 0.1) is 18.2 Å². The summed E-state index contributed by atoms with van der Waals surface area (Å²) in [6.45, 7) is 1.64. The number of carbonyl (C=O) groups is 1. The van der Waals surface area contributed by atoms with Crippen LogP contribution < -0.4 is 10.2 Å². The summed E-state index contributed by atoms with van der Waals surface area (Å²) in [4.78, 5) is 18.1. The number of fused-ring (bicyclic) bond motifs is 1. The minimum absolute atomic E-state index is 0.0699. The zero-order valence-corrected chi connectivity index (χ0v) is 17.5. The number of nitrogens with zero attached hydrogens (tertiary/aromatic N) is 2. The Labute approximate surface area is 181 Å². The first kappa shape index (κ1) is 22.9. The quantitative estimate of drug-likeness (QED) is 0.328. The highest BCUT2D eigenvalue weighted by Gasteiger charge is 2.30. The zero-order valence-electron chi connectivity index (χ0n) is 17.5. The minimum Gasteiger partial charge on any atom is -0.384 e. The van der Waals surface area contributed by atoms with Crippen LogP contribution >= 0.6 is 0 Å². The van der Waals surface area contributed by atoms with E-state index in [0.29, 0.717) is 27.7 Å². The third-order valence-electron chi connectivity index (χ3n) is 4.96. The van der Waals surface area contributed by atoms with E-state index in [-0.39, 0.29) is 11.4 Å². The monoisotopic (exact) mass is 444 g/mol. The van der Waals surface area contributed by atoms with Gasteiger partial charge in [-0.2, -0.15) is 13.2 Å². The van der Waals surface area contributed by atoms with Crippen LogP contribution in [0.2, 0.25) is 0 Å². The van der Waals surface area contributed by atoms with Gasteiger partial charge in [0.15, 0.2) is 0 Å². The van der Waals surface area contributed by atoms with Crippen LogP contribution in [0.5, 0.6) is 0 Å². The molecular formula is C23H20F4N4O. The Bertz CT molecular complexity index is 1210. The highest BCUT2D eigenvalue weighted by molar-refractivity contribution is 6.07. The molecule has 3 aromatic rings. The maximum absolute atomic E-state index is 15.0. The van der Waals surface area contributed by atoms with Gasteiger partial charge in [0.1, 0.15) is 11.5 Å². The molecule has 0 spiro atoms. The molecule has 0 saturated heterocycles. The lowest BCUT2D eigenvalue weighted by atomic mass is 10.0. The number of pyridine rings is 1. The number of allylic oxidation sites excluding steroid dienone is 1. The Morgan fingerprint density at radius 2 is 1.88 bits per heavy atom. The maximum Gasteiger partial charge on any atom is 0.416 e. The fraction of sp³-hybridized carbons (Fsp3) is 0.174. The van der Waals surface area contributed by atoms with E-state index in [0.717, 1.165) is 23.2 Å². The number of hydrogen-bond donors (Lipinski definition) is 2. The number of alkyl halides is 3. The van der Waals surface area contributed by atoms with Crippen molar-refractivity contribution in [3.8, 4) is 11.3 Å². The van der Waals surface area contributed by atoms with Gasteiger partial charge in [-0.15, -0.1) is 0 Å². The predicted octanol–water partition coefficient (Wildman–Crippen LogP) is 5.08. The van der Waals surface area contributed by atoms with E-state index < -0.39 is 23.5 Å². The Balaban J connectivity index is 2.00. The van der Waals surface area contributed by atoms with E-state index in [1.165, 1.54) is 44.4 Å². The lowest BCUT2D eigenvalue weighted by molar-refractivity contribution is -0.137. The van der Waals surface area contributed by atoms with Gasteiger partial charge in [0.05, 0.1) is 22.5 Å². The predicted molar refractivity (Wildman–Crippen MR) is 116 cm³/mol. The summed E-state index contributed by atoms with van der Waals surface area (Å²) in [5.74, 6) is -1.18. The molecule has 2 aromatic carbocycles. The second-order valence-electron chi connectivity index (χ2n) is 7.09. The Kier molecular flexibility index (Phi) is 6.29. The fourth-order valence-corrected chi connectivity index (χ4v) is 3.40. The summed E-state index contributed by atoms with van der Waals surface area (Å²) in [7, 11) is 2.95. The Hall–Kier alpha value is -3.75. The molecule has 0 saturated carbocycles. The lowest BCUT2D eigenvalue weighted by Gasteiger charge is -2.22. The van der Waals surface area contributed by atoms with Crippen LogP contribution in [0.1, 0.15) is 11.1 Å². The van der Waals surface area contributed by atoms with Gasteiger partial charge < -0.3 is 15.6 Å². The summed E-state index contributed by atoms with van der Waals surface area (Å²) in [5, 5.41) is 10.1. The van der Waals surface area contributed by atoms with Crippen LogP contribution in [0.3, 0.4) is 0 Å². The van der Waals surface area contributed by atoms with Crippen molar-refractivity contribution in [2.45, 2.75) is 13.1 Å². The molecule has 3 rings (SSSR count). The molecule has 2 N–H and O–H groups in total. The molecule has 1 amide bonds. The molecule has 0 aliphatic heterocycles. The molecule has 5 nitrogen and oxygen atoms in total. The summed E-state index contributed by atoms with van der Waals surface area (Å²) in [6.07, 6.45) is -2.23. The van der Waals surface area contributed by atoms with Gasteiger partial charge in [-0.1, -0.05) is 6.07 Å².